The standard InChI is InChI=1S/C24H30N4/c1-16(2)14-26-22(13-25)20-9-5-18(6-10-20)19-7-11-21(12-8-19)23-15-27-24(28-23)17(3)4/h5-13,15-17,26H,14,25H2,1-4H3,(H,27,28)/b22-13-. The lowest BCUT2D eigenvalue weighted by atomic mass is 10.0. The Balaban J connectivity index is 1.75. The Labute approximate surface area is 167 Å². The number of aromatic nitrogens is 2. The molecule has 0 atom stereocenters. The van der Waals surface area contributed by atoms with Crippen LogP contribution in [0.1, 0.15) is 45.0 Å². The van der Waals surface area contributed by atoms with Crippen molar-refractivity contribution in [3.8, 4) is 22.4 Å². The molecule has 3 rings (SSSR count). The maximum absolute atomic E-state index is 5.80. The summed E-state index contributed by atoms with van der Waals surface area (Å²) in [7, 11) is 0. The fourth-order valence-corrected chi connectivity index (χ4v) is 3.03. The molecular formula is C24H30N4. The number of nitrogens with zero attached hydrogens (tertiary/aromatic N) is 1. The van der Waals surface area contributed by atoms with Crippen LogP contribution >= 0.6 is 0 Å². The Hall–Kier alpha value is -3.01. The second kappa shape index (κ2) is 8.79. The Morgan fingerprint density at radius 3 is 2.04 bits per heavy atom. The Kier molecular flexibility index (Phi) is 6.19. The summed E-state index contributed by atoms with van der Waals surface area (Å²) in [4.78, 5) is 7.85. The zero-order valence-corrected chi connectivity index (χ0v) is 17.2. The first kappa shape index (κ1) is 19.7. The number of hydrogen-bond donors (Lipinski definition) is 3. The second-order valence-electron chi connectivity index (χ2n) is 7.85. The van der Waals surface area contributed by atoms with Crippen LogP contribution in [0.15, 0.2) is 60.9 Å². The third-order valence-electron chi connectivity index (χ3n) is 4.73. The predicted octanol–water partition coefficient (Wildman–Crippen LogP) is 5.37. The topological polar surface area (TPSA) is 66.7 Å². The van der Waals surface area contributed by atoms with Gasteiger partial charge >= 0.3 is 0 Å². The second-order valence-corrected chi connectivity index (χ2v) is 7.85. The van der Waals surface area contributed by atoms with Crippen molar-refractivity contribution < 1.29 is 0 Å². The molecule has 1 aromatic heterocycles. The van der Waals surface area contributed by atoms with Gasteiger partial charge in [-0.2, -0.15) is 0 Å². The van der Waals surface area contributed by atoms with Gasteiger partial charge in [-0.25, -0.2) is 4.98 Å². The summed E-state index contributed by atoms with van der Waals surface area (Å²) in [6.07, 6.45) is 3.55. The van der Waals surface area contributed by atoms with E-state index in [0.29, 0.717) is 11.8 Å². The van der Waals surface area contributed by atoms with E-state index in [9.17, 15) is 0 Å². The molecule has 0 saturated carbocycles. The summed E-state index contributed by atoms with van der Waals surface area (Å²) in [5.74, 6) is 1.98. The largest absolute Gasteiger partial charge is 0.403 e. The fourth-order valence-electron chi connectivity index (χ4n) is 3.03. The lowest BCUT2D eigenvalue weighted by Gasteiger charge is -2.13. The van der Waals surface area contributed by atoms with E-state index in [1.165, 1.54) is 11.1 Å². The van der Waals surface area contributed by atoms with Crippen molar-refractivity contribution in [3.05, 3.63) is 72.3 Å². The molecule has 4 heteroatoms. The summed E-state index contributed by atoms with van der Waals surface area (Å²) in [6.45, 7) is 9.54. The van der Waals surface area contributed by atoms with Crippen LogP contribution in [0.4, 0.5) is 0 Å². The van der Waals surface area contributed by atoms with E-state index in [4.69, 9.17) is 5.73 Å². The van der Waals surface area contributed by atoms with E-state index in [-0.39, 0.29) is 0 Å². The van der Waals surface area contributed by atoms with Crippen molar-refractivity contribution in [2.75, 3.05) is 6.54 Å². The number of hydrogen-bond acceptors (Lipinski definition) is 3. The van der Waals surface area contributed by atoms with E-state index < -0.39 is 0 Å². The summed E-state index contributed by atoms with van der Waals surface area (Å²) in [5, 5.41) is 3.41. The molecule has 4 nitrogen and oxygen atoms in total. The molecule has 0 fully saturated rings. The quantitative estimate of drug-likeness (QED) is 0.521. The number of aromatic amines is 1. The van der Waals surface area contributed by atoms with Crippen LogP contribution in [-0.4, -0.2) is 16.5 Å². The molecule has 0 spiro atoms. The lowest BCUT2D eigenvalue weighted by molar-refractivity contribution is 0.617. The van der Waals surface area contributed by atoms with Gasteiger partial charge in [-0.3, -0.25) is 0 Å². The van der Waals surface area contributed by atoms with E-state index >= 15 is 0 Å². The molecule has 0 bridgehead atoms. The van der Waals surface area contributed by atoms with Gasteiger partial charge < -0.3 is 16.0 Å². The van der Waals surface area contributed by atoms with Crippen LogP contribution < -0.4 is 11.1 Å². The van der Waals surface area contributed by atoms with Crippen molar-refractivity contribution in [2.45, 2.75) is 33.6 Å². The zero-order valence-electron chi connectivity index (χ0n) is 17.2. The lowest BCUT2D eigenvalue weighted by Crippen LogP contribution is -2.19. The molecule has 28 heavy (non-hydrogen) atoms. The van der Waals surface area contributed by atoms with Gasteiger partial charge in [0.25, 0.3) is 0 Å². The van der Waals surface area contributed by atoms with Gasteiger partial charge in [0.15, 0.2) is 0 Å². The van der Waals surface area contributed by atoms with Gasteiger partial charge in [-0.05, 0) is 28.2 Å². The van der Waals surface area contributed by atoms with Crippen molar-refractivity contribution in [3.63, 3.8) is 0 Å². The Bertz CT molecular complexity index is 916. The Morgan fingerprint density at radius 1 is 0.964 bits per heavy atom. The van der Waals surface area contributed by atoms with E-state index in [1.807, 2.05) is 6.20 Å². The molecule has 3 aromatic rings. The average molecular weight is 375 g/mol. The first-order chi connectivity index (χ1) is 13.5. The third kappa shape index (κ3) is 4.63. The minimum absolute atomic E-state index is 0.397. The van der Waals surface area contributed by atoms with E-state index in [0.717, 1.165) is 34.9 Å². The van der Waals surface area contributed by atoms with Crippen LogP contribution in [0.5, 0.6) is 0 Å². The highest BCUT2D eigenvalue weighted by Crippen LogP contribution is 2.26. The number of H-pyrrole nitrogens is 1. The van der Waals surface area contributed by atoms with Crippen LogP contribution in [-0.2, 0) is 0 Å². The smallest absolute Gasteiger partial charge is 0.109 e. The summed E-state index contributed by atoms with van der Waals surface area (Å²) in [5.41, 5.74) is 12.4. The van der Waals surface area contributed by atoms with Crippen LogP contribution in [0.3, 0.4) is 0 Å². The van der Waals surface area contributed by atoms with Gasteiger partial charge in [0.1, 0.15) is 5.82 Å². The summed E-state index contributed by atoms with van der Waals surface area (Å²) < 4.78 is 0. The van der Waals surface area contributed by atoms with Crippen molar-refractivity contribution >= 4 is 5.70 Å². The number of rotatable bonds is 7. The fraction of sp³-hybridized carbons (Fsp3) is 0.292. The molecule has 0 radical (unpaired) electrons. The molecule has 0 unspecified atom stereocenters. The number of imidazole rings is 1. The molecule has 0 saturated heterocycles. The first-order valence-corrected chi connectivity index (χ1v) is 9.90. The molecule has 0 aliphatic heterocycles. The number of nitrogens with two attached hydrogens (primary N) is 1. The van der Waals surface area contributed by atoms with Gasteiger partial charge in [-0.1, -0.05) is 76.2 Å². The van der Waals surface area contributed by atoms with E-state index in [1.54, 1.807) is 6.20 Å². The maximum Gasteiger partial charge on any atom is 0.109 e. The van der Waals surface area contributed by atoms with Crippen molar-refractivity contribution in [1.82, 2.24) is 15.3 Å². The molecule has 0 amide bonds. The molecule has 4 N–H and O–H groups in total. The SMILES string of the molecule is CC(C)CN/C(=C\N)c1ccc(-c2ccc(-c3cnc(C(C)C)[nH]3)cc2)cc1. The van der Waals surface area contributed by atoms with Crippen LogP contribution in [0.25, 0.3) is 28.1 Å². The zero-order chi connectivity index (χ0) is 20.1. The number of nitrogens with one attached hydrogen (secondary N) is 2. The minimum Gasteiger partial charge on any atom is -0.403 e. The number of benzene rings is 2. The van der Waals surface area contributed by atoms with Gasteiger partial charge in [0.2, 0.25) is 0 Å². The van der Waals surface area contributed by atoms with Gasteiger partial charge in [-0.15, -0.1) is 0 Å². The van der Waals surface area contributed by atoms with Crippen molar-refractivity contribution in [2.24, 2.45) is 11.7 Å². The average Bonchev–Trinajstić information content (AvgIpc) is 3.19. The molecule has 0 aliphatic carbocycles. The first-order valence-electron chi connectivity index (χ1n) is 9.90. The Morgan fingerprint density at radius 2 is 1.54 bits per heavy atom. The summed E-state index contributed by atoms with van der Waals surface area (Å²) >= 11 is 0. The van der Waals surface area contributed by atoms with Crippen LogP contribution in [0, 0.1) is 5.92 Å². The molecule has 146 valence electrons. The molecular weight excluding hydrogens is 344 g/mol. The highest BCUT2D eigenvalue weighted by Gasteiger charge is 2.07. The highest BCUT2D eigenvalue weighted by atomic mass is 14.9. The minimum atomic E-state index is 0.397. The maximum atomic E-state index is 5.80. The van der Waals surface area contributed by atoms with Crippen molar-refractivity contribution in [1.29, 1.82) is 0 Å². The van der Waals surface area contributed by atoms with Crippen LogP contribution in [0.2, 0.25) is 0 Å². The highest BCUT2D eigenvalue weighted by molar-refractivity contribution is 5.71. The predicted molar refractivity (Wildman–Crippen MR) is 119 cm³/mol. The normalized spacial score (nSPS) is 12.0. The van der Waals surface area contributed by atoms with Gasteiger partial charge in [0, 0.05) is 18.7 Å². The molecule has 0 aliphatic rings. The monoisotopic (exact) mass is 374 g/mol. The van der Waals surface area contributed by atoms with Gasteiger partial charge in [0.05, 0.1) is 17.6 Å². The third-order valence-corrected chi connectivity index (χ3v) is 4.73. The summed E-state index contributed by atoms with van der Waals surface area (Å²) in [6, 6.07) is 17.1. The molecule has 2 aromatic carbocycles. The van der Waals surface area contributed by atoms with E-state index in [2.05, 4.69) is 91.5 Å². The molecule has 1 heterocycles.